The molecule has 1 atom stereocenters. The molecule has 3 nitrogen and oxygen atoms in total. The van der Waals surface area contributed by atoms with Gasteiger partial charge in [-0.25, -0.2) is 0 Å². The molecular weight excluding hydrogens is 368 g/mol. The first-order valence-corrected chi connectivity index (χ1v) is 11.8. The first-order valence-electron chi connectivity index (χ1n) is 11.8. The molecule has 1 aromatic carbocycles. The summed E-state index contributed by atoms with van der Waals surface area (Å²) in [6, 6.07) is 14.8. The Morgan fingerprint density at radius 3 is 2.43 bits per heavy atom. The number of para-hydroxylation sites is 1. The van der Waals surface area contributed by atoms with E-state index in [0.29, 0.717) is 6.61 Å². The third kappa shape index (κ3) is 8.57. The number of hydrogen-bond acceptors (Lipinski definition) is 3. The molecule has 3 heteroatoms. The lowest BCUT2D eigenvalue weighted by Crippen LogP contribution is -2.05. The van der Waals surface area contributed by atoms with E-state index in [1.165, 1.54) is 56.9 Å². The van der Waals surface area contributed by atoms with Crippen LogP contribution in [0, 0.1) is 17.2 Å². The van der Waals surface area contributed by atoms with E-state index in [4.69, 9.17) is 10.00 Å². The molecule has 0 fully saturated rings. The van der Waals surface area contributed by atoms with Gasteiger partial charge in [-0.3, -0.25) is 4.98 Å². The third-order valence-corrected chi connectivity index (χ3v) is 5.71. The number of hydrogen-bond donors (Lipinski definition) is 0. The molecule has 0 spiro atoms. The third-order valence-electron chi connectivity index (χ3n) is 5.71. The fourth-order valence-electron chi connectivity index (χ4n) is 3.72. The minimum absolute atomic E-state index is 0.0604. The van der Waals surface area contributed by atoms with E-state index in [1.54, 1.807) is 0 Å². The number of pyridine rings is 1. The Bertz CT molecular complexity index is 765. The maximum Gasteiger partial charge on any atom is 0.128 e. The first kappa shape index (κ1) is 23.9. The Hall–Kier alpha value is -2.34. The zero-order chi connectivity index (χ0) is 21.4. The fraction of sp³-hybridized carbons (Fsp3) is 0.556. The summed E-state index contributed by atoms with van der Waals surface area (Å²) in [5, 5.41) is 9.12. The van der Waals surface area contributed by atoms with Gasteiger partial charge >= 0.3 is 0 Å². The molecule has 1 unspecified atom stereocenters. The number of aryl methyl sites for hydroxylation is 1. The molecule has 0 aliphatic carbocycles. The van der Waals surface area contributed by atoms with Crippen LogP contribution in [0.25, 0.3) is 11.3 Å². The molecule has 1 aromatic heterocycles. The van der Waals surface area contributed by atoms with Crippen LogP contribution in [-0.2, 0) is 6.42 Å². The number of aromatic nitrogens is 1. The van der Waals surface area contributed by atoms with Crippen molar-refractivity contribution in [3.63, 3.8) is 0 Å². The Balaban J connectivity index is 1.87. The maximum absolute atomic E-state index is 9.12. The van der Waals surface area contributed by atoms with E-state index >= 15 is 0 Å². The molecule has 1 heterocycles. The number of unbranched alkanes of at least 4 members (excludes halogenated alkanes) is 7. The van der Waals surface area contributed by atoms with E-state index in [9.17, 15) is 0 Å². The van der Waals surface area contributed by atoms with Crippen molar-refractivity contribution in [1.82, 2.24) is 4.98 Å². The lowest BCUT2D eigenvalue weighted by molar-refractivity contribution is 0.292. The van der Waals surface area contributed by atoms with Crippen LogP contribution in [0.1, 0.15) is 83.6 Å². The van der Waals surface area contributed by atoms with E-state index in [-0.39, 0.29) is 5.92 Å². The lowest BCUT2D eigenvalue weighted by atomic mass is 10.0. The second-order valence-electron chi connectivity index (χ2n) is 8.14. The van der Waals surface area contributed by atoms with Gasteiger partial charge in [0.15, 0.2) is 0 Å². The number of ether oxygens (including phenoxy) is 1. The quantitative estimate of drug-likeness (QED) is 0.284. The van der Waals surface area contributed by atoms with E-state index in [0.717, 1.165) is 36.3 Å². The number of nitriles is 1. The van der Waals surface area contributed by atoms with Crippen molar-refractivity contribution in [2.24, 2.45) is 5.92 Å². The molecule has 162 valence electrons. The van der Waals surface area contributed by atoms with Crippen LogP contribution in [-0.4, -0.2) is 11.6 Å². The summed E-state index contributed by atoms with van der Waals surface area (Å²) in [5.41, 5.74) is 3.34. The van der Waals surface area contributed by atoms with Crippen molar-refractivity contribution in [2.45, 2.75) is 84.5 Å². The van der Waals surface area contributed by atoms with Crippen LogP contribution >= 0.6 is 0 Å². The summed E-state index contributed by atoms with van der Waals surface area (Å²) in [6.07, 6.45) is 15.4. The Morgan fingerprint density at radius 1 is 0.967 bits per heavy atom. The summed E-state index contributed by atoms with van der Waals surface area (Å²) in [7, 11) is 0. The molecule has 2 aromatic rings. The van der Waals surface area contributed by atoms with E-state index < -0.39 is 0 Å². The zero-order valence-corrected chi connectivity index (χ0v) is 18.9. The predicted molar refractivity (Wildman–Crippen MR) is 125 cm³/mol. The minimum atomic E-state index is 0.0604. The molecule has 0 bridgehead atoms. The molecule has 0 saturated carbocycles. The van der Waals surface area contributed by atoms with Crippen LogP contribution in [0.2, 0.25) is 0 Å². The highest BCUT2D eigenvalue weighted by Crippen LogP contribution is 2.29. The van der Waals surface area contributed by atoms with Gasteiger partial charge in [-0.2, -0.15) is 5.26 Å². The summed E-state index contributed by atoms with van der Waals surface area (Å²) in [5.74, 6) is 0.910. The summed E-state index contributed by atoms with van der Waals surface area (Å²) in [4.78, 5) is 4.60. The smallest absolute Gasteiger partial charge is 0.128 e. The van der Waals surface area contributed by atoms with Crippen molar-refractivity contribution >= 4 is 0 Å². The Kier molecular flexibility index (Phi) is 11.7. The maximum atomic E-state index is 9.12. The van der Waals surface area contributed by atoms with Crippen LogP contribution in [0.5, 0.6) is 5.75 Å². The van der Waals surface area contributed by atoms with Gasteiger partial charge < -0.3 is 4.74 Å². The molecule has 2 rings (SSSR count). The Labute approximate surface area is 183 Å². The van der Waals surface area contributed by atoms with Gasteiger partial charge in [0.25, 0.3) is 0 Å². The summed E-state index contributed by atoms with van der Waals surface area (Å²) in [6.45, 7) is 4.87. The molecule has 0 aliphatic heterocycles. The highest BCUT2D eigenvalue weighted by molar-refractivity contribution is 5.67. The molecule has 30 heavy (non-hydrogen) atoms. The molecule has 0 N–H and O–H groups in total. The fourth-order valence-corrected chi connectivity index (χ4v) is 3.72. The second kappa shape index (κ2) is 14.6. The highest BCUT2D eigenvalue weighted by atomic mass is 16.5. The molecule has 0 aliphatic rings. The van der Waals surface area contributed by atoms with Crippen molar-refractivity contribution < 1.29 is 4.74 Å². The summed E-state index contributed by atoms with van der Waals surface area (Å²) < 4.78 is 6.03. The monoisotopic (exact) mass is 406 g/mol. The van der Waals surface area contributed by atoms with Gasteiger partial charge in [-0.1, -0.05) is 70.9 Å². The molecular formula is C27H38N2O. The lowest BCUT2D eigenvalue weighted by Gasteiger charge is -2.13. The van der Waals surface area contributed by atoms with Gasteiger partial charge in [0.1, 0.15) is 5.75 Å². The number of nitrogens with zero attached hydrogens (tertiary/aromatic N) is 2. The topological polar surface area (TPSA) is 45.9 Å². The van der Waals surface area contributed by atoms with Gasteiger partial charge in [0.05, 0.1) is 18.4 Å². The van der Waals surface area contributed by atoms with Crippen molar-refractivity contribution in [3.8, 4) is 23.1 Å². The second-order valence-corrected chi connectivity index (χ2v) is 8.14. The molecule has 0 amide bonds. The summed E-state index contributed by atoms with van der Waals surface area (Å²) >= 11 is 0. The normalized spacial score (nSPS) is 11.8. The predicted octanol–water partition coefficient (Wildman–Crippen LogP) is 7.75. The average molecular weight is 407 g/mol. The number of rotatable bonds is 15. The van der Waals surface area contributed by atoms with Crippen LogP contribution in [0.4, 0.5) is 0 Å². The molecule has 0 saturated heterocycles. The van der Waals surface area contributed by atoms with E-state index in [1.807, 2.05) is 31.3 Å². The first-order chi connectivity index (χ1) is 14.8. The zero-order valence-electron chi connectivity index (χ0n) is 18.9. The van der Waals surface area contributed by atoms with Gasteiger partial charge in [0, 0.05) is 17.7 Å². The Morgan fingerprint density at radius 2 is 1.70 bits per heavy atom. The highest BCUT2D eigenvalue weighted by Gasteiger charge is 2.10. The van der Waals surface area contributed by atoms with Crippen LogP contribution < -0.4 is 4.74 Å². The number of benzene rings is 1. The largest absolute Gasteiger partial charge is 0.493 e. The van der Waals surface area contributed by atoms with Crippen LogP contribution in [0.3, 0.4) is 0 Å². The molecule has 0 radical (unpaired) electrons. The standard InChI is InChI=1S/C27H38N2O/c1-3-5-6-7-8-9-10-11-14-24-17-19-29-26(21-24)25-15-12-13-16-27(25)30-20-18-23(4-2)22-28/h12-13,15-17,19,21,23H,3-11,14,18,20H2,1-2H3. The average Bonchev–Trinajstić information content (AvgIpc) is 2.79. The van der Waals surface area contributed by atoms with Crippen molar-refractivity contribution in [1.29, 1.82) is 5.26 Å². The van der Waals surface area contributed by atoms with E-state index in [2.05, 4.69) is 36.2 Å². The SMILES string of the molecule is CCCCCCCCCCc1ccnc(-c2ccccc2OCCC(C#N)CC)c1. The van der Waals surface area contributed by atoms with Crippen molar-refractivity contribution in [2.75, 3.05) is 6.61 Å². The van der Waals surface area contributed by atoms with Crippen molar-refractivity contribution in [3.05, 3.63) is 48.2 Å². The van der Waals surface area contributed by atoms with Crippen LogP contribution in [0.15, 0.2) is 42.6 Å². The minimum Gasteiger partial charge on any atom is -0.493 e. The van der Waals surface area contributed by atoms with Gasteiger partial charge in [-0.15, -0.1) is 0 Å². The van der Waals surface area contributed by atoms with Gasteiger partial charge in [-0.05, 0) is 55.5 Å². The van der Waals surface area contributed by atoms with Gasteiger partial charge in [0.2, 0.25) is 0 Å².